The first-order chi connectivity index (χ1) is 21.7. The number of amides is 2. The number of hydrogen-bond acceptors (Lipinski definition) is 10. The van der Waals surface area contributed by atoms with Gasteiger partial charge in [0, 0.05) is 16.3 Å². The van der Waals surface area contributed by atoms with Crippen molar-refractivity contribution < 1.29 is 38.4 Å². The van der Waals surface area contributed by atoms with E-state index in [2.05, 4.69) is 21.2 Å². The zero-order valence-electron chi connectivity index (χ0n) is 25.3. The van der Waals surface area contributed by atoms with Gasteiger partial charge in [0.1, 0.15) is 13.2 Å². The molecule has 238 valence electrons. The lowest BCUT2D eigenvalue weighted by Crippen LogP contribution is -2.45. The summed E-state index contributed by atoms with van der Waals surface area (Å²) in [5.41, 5.74) is 5.41. The first-order valence-corrected chi connectivity index (χ1v) is 14.4. The minimum atomic E-state index is -1.16. The van der Waals surface area contributed by atoms with Crippen LogP contribution in [0.4, 0.5) is 4.79 Å². The van der Waals surface area contributed by atoms with Gasteiger partial charge in [-0.15, -0.1) is 0 Å². The van der Waals surface area contributed by atoms with Crippen LogP contribution in [0, 0.1) is 0 Å². The second-order valence-corrected chi connectivity index (χ2v) is 10.1. The molecule has 0 unspecified atom stereocenters. The third-order valence-corrected chi connectivity index (χ3v) is 7.01. The van der Waals surface area contributed by atoms with Crippen LogP contribution in [0.2, 0.25) is 5.02 Å². The van der Waals surface area contributed by atoms with Crippen molar-refractivity contribution in [1.29, 1.82) is 0 Å². The molecule has 0 bridgehead atoms. The number of halogens is 1. The van der Waals surface area contributed by atoms with Crippen molar-refractivity contribution >= 4 is 29.8 Å². The van der Waals surface area contributed by atoms with E-state index in [9.17, 15) is 14.7 Å². The lowest BCUT2D eigenvalue weighted by Gasteiger charge is -2.28. The number of esters is 1. The van der Waals surface area contributed by atoms with Gasteiger partial charge in [0.2, 0.25) is 0 Å². The Hall–Kier alpha value is -4.94. The Bertz CT molecular complexity index is 1580. The second-order valence-electron chi connectivity index (χ2n) is 9.71. The minimum Gasteiger partial charge on any atom is -0.493 e. The molecule has 0 fully saturated rings. The molecule has 3 aromatic carbocycles. The quantitative estimate of drug-likeness (QED) is 0.0870. The molecule has 0 saturated carbocycles. The fraction of sp³-hybridized carbons (Fsp3) is 0.281. The Morgan fingerprint density at radius 3 is 2.53 bits per heavy atom. The van der Waals surface area contributed by atoms with Gasteiger partial charge < -0.3 is 39.4 Å². The number of hydrazone groups is 1. The number of benzene rings is 3. The number of urea groups is 1. The fourth-order valence-electron chi connectivity index (χ4n) is 4.47. The van der Waals surface area contributed by atoms with E-state index in [4.69, 9.17) is 35.3 Å². The minimum absolute atomic E-state index is 0.161. The van der Waals surface area contributed by atoms with E-state index in [1.807, 2.05) is 25.1 Å². The highest BCUT2D eigenvalue weighted by Gasteiger charge is 2.32. The Kier molecular flexibility index (Phi) is 11.5. The smallest absolute Gasteiger partial charge is 0.337 e. The summed E-state index contributed by atoms with van der Waals surface area (Å²) in [4.78, 5) is 24.6. The number of aliphatic hydroxyl groups is 1. The molecule has 0 saturated heterocycles. The lowest BCUT2D eigenvalue weighted by atomic mass is 9.95. The summed E-state index contributed by atoms with van der Waals surface area (Å²) in [6, 6.07) is 16.5. The third kappa shape index (κ3) is 8.58. The molecule has 4 N–H and O–H groups in total. The monoisotopic (exact) mass is 638 g/mol. The molecular weight excluding hydrogens is 604 g/mol. The van der Waals surface area contributed by atoms with Crippen molar-refractivity contribution in [3.8, 4) is 23.0 Å². The van der Waals surface area contributed by atoms with Gasteiger partial charge in [-0.1, -0.05) is 35.9 Å². The van der Waals surface area contributed by atoms with Gasteiger partial charge in [-0.3, -0.25) is 5.43 Å². The maximum Gasteiger partial charge on any atom is 0.337 e. The molecule has 45 heavy (non-hydrogen) atoms. The van der Waals surface area contributed by atoms with E-state index in [-0.39, 0.29) is 18.8 Å². The van der Waals surface area contributed by atoms with Gasteiger partial charge in [0.05, 0.1) is 38.7 Å². The van der Waals surface area contributed by atoms with E-state index in [1.54, 1.807) is 56.5 Å². The Labute approximate surface area is 265 Å². The van der Waals surface area contributed by atoms with Gasteiger partial charge in [-0.05, 0) is 61.4 Å². The summed E-state index contributed by atoms with van der Waals surface area (Å²) in [6.45, 7) is 3.88. The molecule has 1 heterocycles. The van der Waals surface area contributed by atoms with Crippen molar-refractivity contribution in [3.63, 3.8) is 0 Å². The van der Waals surface area contributed by atoms with Crippen molar-refractivity contribution in [2.45, 2.75) is 32.7 Å². The highest BCUT2D eigenvalue weighted by molar-refractivity contribution is 6.31. The zero-order chi connectivity index (χ0) is 32.3. The highest BCUT2D eigenvalue weighted by atomic mass is 35.5. The summed E-state index contributed by atoms with van der Waals surface area (Å²) in [5, 5.41) is 20.5. The molecule has 1 aliphatic rings. The second kappa shape index (κ2) is 15.7. The van der Waals surface area contributed by atoms with Gasteiger partial charge in [0.15, 0.2) is 29.2 Å². The molecule has 1 aliphatic heterocycles. The van der Waals surface area contributed by atoms with Crippen LogP contribution in [0.5, 0.6) is 23.0 Å². The zero-order valence-corrected chi connectivity index (χ0v) is 26.0. The first-order valence-electron chi connectivity index (χ1n) is 14.0. The molecule has 0 radical (unpaired) electrons. The highest BCUT2D eigenvalue weighted by Crippen LogP contribution is 2.35. The number of carbonyl (C=O) groups is 2. The predicted octanol–water partition coefficient (Wildman–Crippen LogP) is 4.45. The average Bonchev–Trinajstić information content (AvgIpc) is 3.03. The maximum absolute atomic E-state index is 12.4. The van der Waals surface area contributed by atoms with E-state index in [0.29, 0.717) is 51.5 Å². The van der Waals surface area contributed by atoms with E-state index >= 15 is 0 Å². The average molecular weight is 639 g/mol. The molecule has 2 atom stereocenters. The number of allylic oxidation sites excluding steroid dienone is 1. The number of nitrogens with one attached hydrogen (secondary N) is 3. The molecule has 3 aromatic rings. The van der Waals surface area contributed by atoms with Crippen molar-refractivity contribution in [2.75, 3.05) is 27.4 Å². The Morgan fingerprint density at radius 1 is 1.04 bits per heavy atom. The number of aliphatic hydroxyl groups excluding tert-OH is 1. The Balaban J connectivity index is 1.37. The maximum atomic E-state index is 12.4. The summed E-state index contributed by atoms with van der Waals surface area (Å²) in [5.74, 6) is 1.19. The molecule has 13 heteroatoms. The summed E-state index contributed by atoms with van der Waals surface area (Å²) in [7, 11) is 2.81. The number of methoxy groups -OCH3 is 2. The third-order valence-electron chi connectivity index (χ3n) is 6.64. The van der Waals surface area contributed by atoms with Crippen LogP contribution in [-0.2, 0) is 16.1 Å². The first kappa shape index (κ1) is 33.0. The van der Waals surface area contributed by atoms with Crippen LogP contribution in [-0.4, -0.2) is 57.0 Å². The lowest BCUT2D eigenvalue weighted by molar-refractivity contribution is -0.136. The molecule has 2 amide bonds. The topological polar surface area (TPSA) is 149 Å². The SMILES string of the molecule is CCOc1cc([C@@H]2NC(=O)NC(C)=C2C(=O)OC)ccc1OC[C@@H](O)N/N=C\c1ccc(OCc2ccccc2Cl)c(OC)c1. The van der Waals surface area contributed by atoms with Gasteiger partial charge in [-0.25, -0.2) is 9.59 Å². The van der Waals surface area contributed by atoms with Gasteiger partial charge >= 0.3 is 12.0 Å². The fourth-order valence-corrected chi connectivity index (χ4v) is 4.66. The summed E-state index contributed by atoms with van der Waals surface area (Å²) < 4.78 is 27.8. The molecule has 12 nitrogen and oxygen atoms in total. The standard InChI is InChI=1S/C32H35ClN4O8/c1-5-43-27-15-21(30-29(31(39)42-4)19(2)35-32(40)36-30)11-13-25(27)45-18-28(38)37-34-16-20-10-12-24(26(14-20)41-3)44-17-22-8-6-7-9-23(22)33/h6-16,28,30,37-38H,5,17-18H2,1-4H3,(H2,35,36,40)/b34-16-/t28-,30+/m1/s1. The van der Waals surface area contributed by atoms with Crippen LogP contribution < -0.4 is 35.0 Å². The number of nitrogens with zero attached hydrogens (tertiary/aromatic N) is 1. The van der Waals surface area contributed by atoms with Crippen LogP contribution in [0.25, 0.3) is 0 Å². The number of carbonyl (C=O) groups excluding carboxylic acids is 2. The molecule has 0 spiro atoms. The van der Waals surface area contributed by atoms with Crippen LogP contribution in [0.15, 0.2) is 77.0 Å². The molecule has 0 aliphatic carbocycles. The van der Waals surface area contributed by atoms with E-state index in [1.165, 1.54) is 13.3 Å². The van der Waals surface area contributed by atoms with Gasteiger partial charge in [0.25, 0.3) is 0 Å². The summed E-state index contributed by atoms with van der Waals surface area (Å²) >= 11 is 6.21. The molecular formula is C32H35ClN4O8. The number of rotatable bonds is 14. The van der Waals surface area contributed by atoms with E-state index < -0.39 is 24.3 Å². The normalized spacial score (nSPS) is 15.2. The van der Waals surface area contributed by atoms with E-state index in [0.717, 1.165) is 5.56 Å². The largest absolute Gasteiger partial charge is 0.493 e. The van der Waals surface area contributed by atoms with Crippen LogP contribution in [0.1, 0.15) is 36.6 Å². The van der Waals surface area contributed by atoms with Gasteiger partial charge in [-0.2, -0.15) is 5.10 Å². The predicted molar refractivity (Wildman–Crippen MR) is 168 cm³/mol. The summed E-state index contributed by atoms with van der Waals surface area (Å²) in [6.07, 6.45) is 0.363. The van der Waals surface area contributed by atoms with Crippen LogP contribution in [0.3, 0.4) is 0 Å². The molecule has 0 aromatic heterocycles. The van der Waals surface area contributed by atoms with Crippen molar-refractivity contribution in [2.24, 2.45) is 5.10 Å². The number of ether oxygens (including phenoxy) is 5. The van der Waals surface area contributed by atoms with Crippen molar-refractivity contribution in [3.05, 3.63) is 93.6 Å². The van der Waals surface area contributed by atoms with Crippen molar-refractivity contribution in [1.82, 2.24) is 16.1 Å². The Morgan fingerprint density at radius 2 is 1.80 bits per heavy atom. The molecule has 4 rings (SSSR count). The number of hydrogen-bond donors (Lipinski definition) is 4. The van der Waals surface area contributed by atoms with Crippen LogP contribution >= 0.6 is 11.6 Å².